The molecular formula is C26H28N8O2. The molecule has 0 saturated carbocycles. The molecule has 0 bridgehead atoms. The summed E-state index contributed by atoms with van der Waals surface area (Å²) in [5.41, 5.74) is 16.3. The zero-order valence-corrected chi connectivity index (χ0v) is 20.0. The van der Waals surface area contributed by atoms with Gasteiger partial charge in [0.1, 0.15) is 18.2 Å². The molecule has 4 aromatic rings. The molecule has 10 heteroatoms. The molecule has 0 aliphatic carbocycles. The third-order valence-electron chi connectivity index (χ3n) is 6.43. The number of amides is 1. The van der Waals surface area contributed by atoms with Crippen molar-refractivity contribution in [2.75, 3.05) is 38.3 Å². The maximum absolute atomic E-state index is 13.4. The second-order valence-electron chi connectivity index (χ2n) is 8.81. The van der Waals surface area contributed by atoms with E-state index in [2.05, 4.69) is 37.0 Å². The van der Waals surface area contributed by atoms with Crippen LogP contribution in [0, 0.1) is 0 Å². The zero-order chi connectivity index (χ0) is 25.1. The highest BCUT2D eigenvalue weighted by Gasteiger charge is 2.34. The summed E-state index contributed by atoms with van der Waals surface area (Å²) < 4.78 is 5.43. The summed E-state index contributed by atoms with van der Waals surface area (Å²) >= 11 is 0. The number of aromatic nitrogens is 4. The molecule has 2 aromatic heterocycles. The Bertz CT molecular complexity index is 1380. The average molecular weight is 485 g/mol. The number of methoxy groups -OCH3 is 1. The topological polar surface area (TPSA) is 136 Å². The van der Waals surface area contributed by atoms with E-state index in [4.69, 9.17) is 16.2 Å². The predicted octanol–water partition coefficient (Wildman–Crippen LogP) is 2.11. The lowest BCUT2D eigenvalue weighted by atomic mass is 10.1. The SMILES string of the molecule is COCC1C(=O)N(Cc2ccc3c(N)ncnc3c2)CCN1Cc1ccc(-c2ccnc(N)n2)cc1. The first-order valence-corrected chi connectivity index (χ1v) is 11.7. The number of hydrogen-bond acceptors (Lipinski definition) is 9. The number of hydrogen-bond donors (Lipinski definition) is 2. The Balaban J connectivity index is 1.28. The Morgan fingerprint density at radius 3 is 2.56 bits per heavy atom. The van der Waals surface area contributed by atoms with Gasteiger partial charge in [0.15, 0.2) is 0 Å². The summed E-state index contributed by atoms with van der Waals surface area (Å²) in [7, 11) is 1.63. The van der Waals surface area contributed by atoms with E-state index in [1.807, 2.05) is 41.3 Å². The van der Waals surface area contributed by atoms with Gasteiger partial charge in [-0.2, -0.15) is 0 Å². The van der Waals surface area contributed by atoms with Gasteiger partial charge in [0, 0.05) is 50.4 Å². The van der Waals surface area contributed by atoms with Crippen molar-refractivity contribution in [2.45, 2.75) is 19.1 Å². The van der Waals surface area contributed by atoms with Crippen molar-refractivity contribution >= 4 is 28.6 Å². The van der Waals surface area contributed by atoms with Gasteiger partial charge in [0.05, 0.1) is 17.8 Å². The van der Waals surface area contributed by atoms with Crippen molar-refractivity contribution in [3.63, 3.8) is 0 Å². The molecule has 0 spiro atoms. The van der Waals surface area contributed by atoms with Crippen molar-refractivity contribution in [1.82, 2.24) is 29.7 Å². The van der Waals surface area contributed by atoms with Crippen molar-refractivity contribution < 1.29 is 9.53 Å². The van der Waals surface area contributed by atoms with Gasteiger partial charge >= 0.3 is 0 Å². The van der Waals surface area contributed by atoms with Gasteiger partial charge in [-0.1, -0.05) is 30.3 Å². The molecule has 1 unspecified atom stereocenters. The van der Waals surface area contributed by atoms with Crippen LogP contribution in [0.4, 0.5) is 11.8 Å². The maximum Gasteiger partial charge on any atom is 0.242 e. The Kier molecular flexibility index (Phi) is 6.70. The van der Waals surface area contributed by atoms with Crippen molar-refractivity contribution in [2.24, 2.45) is 0 Å². The lowest BCUT2D eigenvalue weighted by Crippen LogP contribution is -2.57. The summed E-state index contributed by atoms with van der Waals surface area (Å²) in [4.78, 5) is 34.1. The van der Waals surface area contributed by atoms with E-state index in [1.165, 1.54) is 6.33 Å². The van der Waals surface area contributed by atoms with E-state index < -0.39 is 0 Å². The molecule has 1 atom stereocenters. The molecule has 1 amide bonds. The van der Waals surface area contributed by atoms with Crippen LogP contribution in [0.2, 0.25) is 0 Å². The summed E-state index contributed by atoms with van der Waals surface area (Å²) in [6.45, 7) is 2.85. The van der Waals surface area contributed by atoms with Crippen LogP contribution in [0.25, 0.3) is 22.2 Å². The van der Waals surface area contributed by atoms with Gasteiger partial charge < -0.3 is 21.1 Å². The number of carbonyl (C=O) groups is 1. The molecular weight excluding hydrogens is 456 g/mol. The van der Waals surface area contributed by atoms with Gasteiger partial charge in [-0.05, 0) is 29.3 Å². The van der Waals surface area contributed by atoms with Crippen LogP contribution in [0.3, 0.4) is 0 Å². The average Bonchev–Trinajstić information content (AvgIpc) is 2.88. The fourth-order valence-corrected chi connectivity index (χ4v) is 4.56. The Morgan fingerprint density at radius 2 is 1.78 bits per heavy atom. The second kappa shape index (κ2) is 10.2. The number of nitrogens with two attached hydrogens (primary N) is 2. The smallest absolute Gasteiger partial charge is 0.242 e. The van der Waals surface area contributed by atoms with Gasteiger partial charge in [-0.15, -0.1) is 0 Å². The fourth-order valence-electron chi connectivity index (χ4n) is 4.56. The normalized spacial score (nSPS) is 16.5. The lowest BCUT2D eigenvalue weighted by Gasteiger charge is -2.40. The van der Waals surface area contributed by atoms with Crippen LogP contribution < -0.4 is 11.5 Å². The summed E-state index contributed by atoms with van der Waals surface area (Å²) in [6.07, 6.45) is 3.10. The third kappa shape index (κ3) is 4.95. The highest BCUT2D eigenvalue weighted by atomic mass is 16.5. The highest BCUT2D eigenvalue weighted by Crippen LogP contribution is 2.23. The molecule has 10 nitrogen and oxygen atoms in total. The number of nitrogen functional groups attached to an aromatic ring is 2. The molecule has 1 aliphatic heterocycles. The van der Waals surface area contributed by atoms with E-state index in [0.717, 1.165) is 39.8 Å². The second-order valence-corrected chi connectivity index (χ2v) is 8.81. The van der Waals surface area contributed by atoms with Crippen molar-refractivity contribution in [3.8, 4) is 11.3 Å². The summed E-state index contributed by atoms with van der Waals surface area (Å²) in [6, 6.07) is 15.4. The number of nitrogens with zero attached hydrogens (tertiary/aromatic N) is 6. The quantitative estimate of drug-likeness (QED) is 0.404. The van der Waals surface area contributed by atoms with Crippen LogP contribution in [0.15, 0.2) is 61.1 Å². The molecule has 3 heterocycles. The minimum Gasteiger partial charge on any atom is -0.383 e. The number of carbonyl (C=O) groups excluding carboxylic acids is 1. The number of fused-ring (bicyclic) bond motifs is 1. The number of anilines is 2. The van der Waals surface area contributed by atoms with Crippen molar-refractivity contribution in [3.05, 3.63) is 72.2 Å². The number of benzene rings is 2. The van der Waals surface area contributed by atoms with Gasteiger partial charge in [0.2, 0.25) is 11.9 Å². The minimum absolute atomic E-state index is 0.0541. The van der Waals surface area contributed by atoms with E-state index in [1.54, 1.807) is 13.3 Å². The maximum atomic E-state index is 13.4. The van der Waals surface area contributed by atoms with Crippen LogP contribution >= 0.6 is 0 Å². The lowest BCUT2D eigenvalue weighted by molar-refractivity contribution is -0.145. The molecule has 4 N–H and O–H groups in total. The van der Waals surface area contributed by atoms with Crippen LogP contribution in [-0.4, -0.2) is 68.5 Å². The Morgan fingerprint density at radius 1 is 0.972 bits per heavy atom. The molecule has 184 valence electrons. The first-order valence-electron chi connectivity index (χ1n) is 11.7. The number of rotatable bonds is 7. The number of ether oxygens (including phenoxy) is 1. The van der Waals surface area contributed by atoms with Crippen LogP contribution in [0.5, 0.6) is 0 Å². The van der Waals surface area contributed by atoms with E-state index >= 15 is 0 Å². The molecule has 1 aliphatic rings. The fraction of sp³-hybridized carbons (Fsp3) is 0.269. The van der Waals surface area contributed by atoms with E-state index in [9.17, 15) is 4.79 Å². The molecule has 1 saturated heterocycles. The van der Waals surface area contributed by atoms with Gasteiger partial charge in [-0.25, -0.2) is 19.9 Å². The minimum atomic E-state index is -0.358. The van der Waals surface area contributed by atoms with E-state index in [-0.39, 0.29) is 17.9 Å². The monoisotopic (exact) mass is 484 g/mol. The number of piperazine rings is 1. The first-order chi connectivity index (χ1) is 17.5. The molecule has 5 rings (SSSR count). The summed E-state index contributed by atoms with van der Waals surface area (Å²) in [5, 5.41) is 0.809. The highest BCUT2D eigenvalue weighted by molar-refractivity contribution is 5.88. The molecule has 0 radical (unpaired) electrons. The van der Waals surface area contributed by atoms with Crippen LogP contribution in [-0.2, 0) is 22.6 Å². The van der Waals surface area contributed by atoms with Crippen LogP contribution in [0.1, 0.15) is 11.1 Å². The third-order valence-corrected chi connectivity index (χ3v) is 6.43. The molecule has 36 heavy (non-hydrogen) atoms. The van der Waals surface area contributed by atoms with Gasteiger partial charge in [0.25, 0.3) is 0 Å². The first kappa shape index (κ1) is 23.6. The molecule has 1 fully saturated rings. The predicted molar refractivity (Wildman–Crippen MR) is 137 cm³/mol. The zero-order valence-electron chi connectivity index (χ0n) is 20.0. The largest absolute Gasteiger partial charge is 0.383 e. The Hall–Kier alpha value is -4.15. The Labute approximate surface area is 208 Å². The van der Waals surface area contributed by atoms with Crippen molar-refractivity contribution in [1.29, 1.82) is 0 Å². The summed E-state index contributed by atoms with van der Waals surface area (Å²) in [5.74, 6) is 0.751. The van der Waals surface area contributed by atoms with E-state index in [0.29, 0.717) is 32.1 Å². The van der Waals surface area contributed by atoms with Gasteiger partial charge in [-0.3, -0.25) is 9.69 Å². The standard InChI is InChI=1S/C26H28N8O2/c1-36-15-23-25(35)34(14-18-4-7-20-22(12-18)30-16-31-24(20)27)11-10-33(23)13-17-2-5-19(6-3-17)21-8-9-29-26(28)32-21/h2-9,12,16,23H,10-11,13-15H2,1H3,(H2,27,30,31)(H2,28,29,32). The molecule has 2 aromatic carbocycles.